The van der Waals surface area contributed by atoms with Gasteiger partial charge >= 0.3 is 0 Å². The molecule has 0 radical (unpaired) electrons. The van der Waals surface area contributed by atoms with Gasteiger partial charge < -0.3 is 14.4 Å². The molecule has 0 amide bonds. The summed E-state index contributed by atoms with van der Waals surface area (Å²) in [4.78, 5) is 17.6. The maximum absolute atomic E-state index is 12.9. The Labute approximate surface area is 188 Å². The standard InChI is InChI=1S/C26H29N5O/c1-18-6-4-5-7-22(18)19(2)31-17-23-24(16-25(31)32)27-28-26(23)20-8-10-21(11-9-20)30-14-12-29(3)13-15-30/h4-11,16-17,19,27H,12-15H2,1-3H3. The zero-order valence-corrected chi connectivity index (χ0v) is 18.9. The number of aryl methyl sites for hydroxylation is 1. The summed E-state index contributed by atoms with van der Waals surface area (Å²) in [5.74, 6) is 0. The molecule has 0 bridgehead atoms. The molecule has 0 saturated carbocycles. The van der Waals surface area contributed by atoms with Crippen LogP contribution in [-0.4, -0.2) is 52.9 Å². The third-order valence-corrected chi connectivity index (χ3v) is 6.69. The first kappa shape index (κ1) is 20.5. The minimum atomic E-state index is -0.0598. The lowest BCUT2D eigenvalue weighted by atomic mass is 10.0. The first-order valence-electron chi connectivity index (χ1n) is 11.2. The van der Waals surface area contributed by atoms with Crippen molar-refractivity contribution in [2.75, 3.05) is 38.1 Å². The lowest BCUT2D eigenvalue weighted by Crippen LogP contribution is -2.44. The van der Waals surface area contributed by atoms with Crippen molar-refractivity contribution in [3.63, 3.8) is 0 Å². The van der Waals surface area contributed by atoms with Crippen LogP contribution in [0.3, 0.4) is 0 Å². The number of H-pyrrole nitrogens is 1. The number of fused-ring (bicyclic) bond motifs is 1. The number of nitrogens with one attached hydrogen (secondary N) is 1. The average Bonchev–Trinajstić information content (AvgIpc) is 3.21. The number of hydrogen-bond acceptors (Lipinski definition) is 4. The molecule has 4 aromatic rings. The molecule has 6 heteroatoms. The molecule has 32 heavy (non-hydrogen) atoms. The fourth-order valence-electron chi connectivity index (χ4n) is 4.63. The van der Waals surface area contributed by atoms with Crippen LogP contribution in [0.2, 0.25) is 0 Å². The normalized spacial score (nSPS) is 15.9. The van der Waals surface area contributed by atoms with Gasteiger partial charge in [-0.25, -0.2) is 0 Å². The maximum Gasteiger partial charge on any atom is 0.253 e. The van der Waals surface area contributed by atoms with Gasteiger partial charge in [0, 0.05) is 55.1 Å². The molecule has 1 N–H and O–H groups in total. The van der Waals surface area contributed by atoms with Crippen LogP contribution in [0, 0.1) is 6.92 Å². The van der Waals surface area contributed by atoms with E-state index in [1.54, 1.807) is 6.07 Å². The van der Waals surface area contributed by atoms with Gasteiger partial charge in [0.25, 0.3) is 5.56 Å². The van der Waals surface area contributed by atoms with Crippen molar-refractivity contribution < 1.29 is 0 Å². The summed E-state index contributed by atoms with van der Waals surface area (Å²) in [7, 11) is 2.17. The molecule has 1 unspecified atom stereocenters. The molecule has 1 aliphatic rings. The summed E-state index contributed by atoms with van der Waals surface area (Å²) >= 11 is 0. The van der Waals surface area contributed by atoms with Crippen molar-refractivity contribution in [3.05, 3.63) is 82.3 Å². The van der Waals surface area contributed by atoms with Gasteiger partial charge in [-0.05, 0) is 44.2 Å². The number of pyridine rings is 1. The van der Waals surface area contributed by atoms with E-state index in [0.717, 1.165) is 53.9 Å². The summed E-state index contributed by atoms with van der Waals surface area (Å²) in [6.07, 6.45) is 1.95. The zero-order valence-electron chi connectivity index (χ0n) is 18.9. The summed E-state index contributed by atoms with van der Waals surface area (Å²) in [5.41, 5.74) is 6.22. The number of nitrogens with zero attached hydrogens (tertiary/aromatic N) is 4. The first-order valence-corrected chi connectivity index (χ1v) is 11.2. The van der Waals surface area contributed by atoms with Gasteiger partial charge in [0.1, 0.15) is 5.69 Å². The second-order valence-corrected chi connectivity index (χ2v) is 8.79. The van der Waals surface area contributed by atoms with Crippen LogP contribution >= 0.6 is 0 Å². The molecule has 1 aliphatic heterocycles. The van der Waals surface area contributed by atoms with E-state index in [9.17, 15) is 4.79 Å². The third kappa shape index (κ3) is 3.71. The highest BCUT2D eigenvalue weighted by molar-refractivity contribution is 5.92. The second-order valence-electron chi connectivity index (χ2n) is 8.79. The largest absolute Gasteiger partial charge is 0.369 e. The SMILES string of the molecule is Cc1ccccc1C(C)n1cc2c(-c3ccc(N4CCN(C)CC4)cc3)n[nH]c2cc1=O. The number of aromatic amines is 1. The molecule has 1 saturated heterocycles. The van der Waals surface area contributed by atoms with Crippen molar-refractivity contribution in [1.29, 1.82) is 0 Å². The molecular weight excluding hydrogens is 398 g/mol. The summed E-state index contributed by atoms with van der Waals surface area (Å²) in [6.45, 7) is 8.42. The van der Waals surface area contributed by atoms with Gasteiger partial charge in [0.05, 0.1) is 11.6 Å². The van der Waals surface area contributed by atoms with Crippen molar-refractivity contribution in [1.82, 2.24) is 19.7 Å². The van der Waals surface area contributed by atoms with Crippen molar-refractivity contribution in [2.45, 2.75) is 19.9 Å². The molecule has 1 atom stereocenters. The Morgan fingerprint density at radius 3 is 2.44 bits per heavy atom. The lowest BCUT2D eigenvalue weighted by molar-refractivity contribution is 0.313. The third-order valence-electron chi connectivity index (χ3n) is 6.69. The minimum Gasteiger partial charge on any atom is -0.369 e. The van der Waals surface area contributed by atoms with Crippen molar-refractivity contribution >= 4 is 16.6 Å². The van der Waals surface area contributed by atoms with E-state index < -0.39 is 0 Å². The van der Waals surface area contributed by atoms with Crippen LogP contribution in [-0.2, 0) is 0 Å². The molecule has 1 fully saturated rings. The number of aromatic nitrogens is 3. The number of piperazine rings is 1. The Hall–Kier alpha value is -3.38. The number of benzene rings is 2. The molecule has 3 heterocycles. The Morgan fingerprint density at radius 2 is 1.72 bits per heavy atom. The van der Waals surface area contributed by atoms with Crippen LogP contribution in [0.25, 0.3) is 22.2 Å². The van der Waals surface area contributed by atoms with Gasteiger partial charge in [-0.15, -0.1) is 0 Å². The lowest BCUT2D eigenvalue weighted by Gasteiger charge is -2.34. The Morgan fingerprint density at radius 1 is 1.00 bits per heavy atom. The van der Waals surface area contributed by atoms with E-state index in [4.69, 9.17) is 0 Å². The van der Waals surface area contributed by atoms with Crippen LogP contribution in [0.4, 0.5) is 5.69 Å². The highest BCUT2D eigenvalue weighted by Crippen LogP contribution is 2.29. The molecule has 6 nitrogen and oxygen atoms in total. The van der Waals surface area contributed by atoms with Gasteiger partial charge in [0.2, 0.25) is 0 Å². The van der Waals surface area contributed by atoms with Crippen molar-refractivity contribution in [3.8, 4) is 11.3 Å². The molecule has 2 aromatic heterocycles. The van der Waals surface area contributed by atoms with Gasteiger partial charge in [-0.2, -0.15) is 5.10 Å². The number of anilines is 1. The van der Waals surface area contributed by atoms with E-state index in [0.29, 0.717) is 0 Å². The number of hydrogen-bond donors (Lipinski definition) is 1. The quantitative estimate of drug-likeness (QED) is 0.534. The molecule has 164 valence electrons. The van der Waals surface area contributed by atoms with E-state index in [-0.39, 0.29) is 11.6 Å². The highest BCUT2D eigenvalue weighted by Gasteiger charge is 2.17. The molecule has 2 aromatic carbocycles. The molecule has 5 rings (SSSR count). The predicted molar refractivity (Wildman–Crippen MR) is 130 cm³/mol. The van der Waals surface area contributed by atoms with E-state index in [1.165, 1.54) is 11.3 Å². The monoisotopic (exact) mass is 427 g/mol. The number of rotatable bonds is 4. The van der Waals surface area contributed by atoms with Gasteiger partial charge in [-0.3, -0.25) is 9.89 Å². The van der Waals surface area contributed by atoms with E-state index in [2.05, 4.69) is 77.3 Å². The smallest absolute Gasteiger partial charge is 0.253 e. The Bertz CT molecular complexity index is 1300. The average molecular weight is 428 g/mol. The van der Waals surface area contributed by atoms with Crippen molar-refractivity contribution in [2.24, 2.45) is 0 Å². The van der Waals surface area contributed by atoms with Crippen LogP contribution in [0.1, 0.15) is 24.1 Å². The zero-order chi connectivity index (χ0) is 22.2. The Kier molecular flexibility index (Phi) is 5.31. The molecule has 0 spiro atoms. The fourth-order valence-corrected chi connectivity index (χ4v) is 4.63. The summed E-state index contributed by atoms with van der Waals surface area (Å²) in [6, 6.07) is 18.4. The summed E-state index contributed by atoms with van der Waals surface area (Å²) < 4.78 is 1.81. The Balaban J connectivity index is 1.49. The first-order chi connectivity index (χ1) is 15.5. The second kappa shape index (κ2) is 8.28. The summed E-state index contributed by atoms with van der Waals surface area (Å²) in [5, 5.41) is 8.56. The van der Waals surface area contributed by atoms with Crippen LogP contribution in [0.15, 0.2) is 65.6 Å². The topological polar surface area (TPSA) is 57.2 Å². The number of likely N-dealkylation sites (N-methyl/N-ethyl adjacent to an activating group) is 1. The predicted octanol–water partition coefficient (Wildman–Crippen LogP) is 4.06. The molecule has 0 aliphatic carbocycles. The fraction of sp³-hybridized carbons (Fsp3) is 0.308. The highest BCUT2D eigenvalue weighted by atomic mass is 16.1. The van der Waals surface area contributed by atoms with E-state index >= 15 is 0 Å². The minimum absolute atomic E-state index is 0.0335. The van der Waals surface area contributed by atoms with E-state index in [1.807, 2.05) is 22.9 Å². The van der Waals surface area contributed by atoms with Gasteiger partial charge in [0.15, 0.2) is 0 Å². The molecular formula is C26H29N5O. The van der Waals surface area contributed by atoms with Gasteiger partial charge in [-0.1, -0.05) is 36.4 Å². The maximum atomic E-state index is 12.9. The van der Waals surface area contributed by atoms with Crippen LogP contribution in [0.5, 0.6) is 0 Å². The van der Waals surface area contributed by atoms with Crippen LogP contribution < -0.4 is 10.5 Å².